The lowest BCUT2D eigenvalue weighted by Crippen LogP contribution is -2.34. The van der Waals surface area contributed by atoms with Gasteiger partial charge in [0, 0.05) is 24.7 Å². The molecule has 0 aliphatic heterocycles. The fourth-order valence-corrected chi connectivity index (χ4v) is 1.91. The summed E-state index contributed by atoms with van der Waals surface area (Å²) < 4.78 is 10.3. The van der Waals surface area contributed by atoms with Crippen LogP contribution in [0.1, 0.15) is 24.2 Å². The highest BCUT2D eigenvalue weighted by molar-refractivity contribution is 5.80. The Balaban J connectivity index is 3.09. The standard InChI is InChI=1S/C14H18N2O6/c1-4-15(5-2)13(18)9-22-14-11(16(19)20)6-10(8-17)7-12(14)21-3/h6-8H,4-5,9H2,1-3H3. The topological polar surface area (TPSA) is 99.0 Å². The summed E-state index contributed by atoms with van der Waals surface area (Å²) in [5, 5.41) is 11.1. The van der Waals surface area contributed by atoms with Crippen molar-refractivity contribution < 1.29 is 24.0 Å². The molecular weight excluding hydrogens is 292 g/mol. The first-order valence-electron chi connectivity index (χ1n) is 6.70. The van der Waals surface area contributed by atoms with E-state index in [0.717, 1.165) is 6.07 Å². The molecule has 0 heterocycles. The number of nitro benzene ring substituents is 1. The number of nitro groups is 1. The van der Waals surface area contributed by atoms with Crippen molar-refractivity contribution in [2.45, 2.75) is 13.8 Å². The van der Waals surface area contributed by atoms with Gasteiger partial charge in [0.15, 0.2) is 12.4 Å². The van der Waals surface area contributed by atoms with Gasteiger partial charge in [-0.05, 0) is 19.9 Å². The molecule has 0 spiro atoms. The van der Waals surface area contributed by atoms with Crippen molar-refractivity contribution >= 4 is 17.9 Å². The number of aldehydes is 1. The van der Waals surface area contributed by atoms with Crippen LogP contribution in [0.15, 0.2) is 12.1 Å². The first-order valence-corrected chi connectivity index (χ1v) is 6.70. The Bertz CT molecular complexity index is 569. The number of nitrogens with zero attached hydrogens (tertiary/aromatic N) is 2. The van der Waals surface area contributed by atoms with Crippen LogP contribution in [0.5, 0.6) is 11.5 Å². The first-order chi connectivity index (χ1) is 10.5. The van der Waals surface area contributed by atoms with Crippen LogP contribution in [0, 0.1) is 10.1 Å². The summed E-state index contributed by atoms with van der Waals surface area (Å²) in [5.41, 5.74) is -0.334. The van der Waals surface area contributed by atoms with E-state index < -0.39 is 10.6 Å². The lowest BCUT2D eigenvalue weighted by atomic mass is 10.2. The molecule has 0 unspecified atom stereocenters. The van der Waals surface area contributed by atoms with Gasteiger partial charge < -0.3 is 14.4 Å². The predicted molar refractivity (Wildman–Crippen MR) is 78.5 cm³/mol. The average Bonchev–Trinajstić information content (AvgIpc) is 2.52. The number of ether oxygens (including phenoxy) is 2. The van der Waals surface area contributed by atoms with E-state index in [2.05, 4.69) is 0 Å². The highest BCUT2D eigenvalue weighted by Crippen LogP contribution is 2.37. The molecule has 0 saturated heterocycles. The number of carbonyl (C=O) groups excluding carboxylic acids is 2. The molecule has 0 saturated carbocycles. The Hall–Kier alpha value is -2.64. The molecule has 0 radical (unpaired) electrons. The number of methoxy groups -OCH3 is 1. The summed E-state index contributed by atoms with van der Waals surface area (Å²) in [6, 6.07) is 2.39. The molecule has 1 amide bonds. The SMILES string of the molecule is CCN(CC)C(=O)COc1c(OC)cc(C=O)cc1[N+](=O)[O-]. The largest absolute Gasteiger partial charge is 0.493 e. The van der Waals surface area contributed by atoms with Crippen LogP contribution in [0.3, 0.4) is 0 Å². The van der Waals surface area contributed by atoms with Crippen LogP contribution < -0.4 is 9.47 Å². The number of amides is 1. The molecule has 0 aromatic heterocycles. The van der Waals surface area contributed by atoms with Crippen LogP contribution in [0.25, 0.3) is 0 Å². The molecule has 22 heavy (non-hydrogen) atoms. The Kier molecular flexibility index (Phi) is 6.30. The zero-order valence-corrected chi connectivity index (χ0v) is 12.7. The van der Waals surface area contributed by atoms with E-state index in [9.17, 15) is 19.7 Å². The van der Waals surface area contributed by atoms with Crippen LogP contribution in [-0.2, 0) is 4.79 Å². The minimum Gasteiger partial charge on any atom is -0.493 e. The first kappa shape index (κ1) is 17.4. The summed E-state index contributed by atoms with van der Waals surface area (Å²) in [5.74, 6) is -0.428. The van der Waals surface area contributed by atoms with Crippen molar-refractivity contribution in [1.29, 1.82) is 0 Å². The number of benzene rings is 1. The van der Waals surface area contributed by atoms with Crippen molar-refractivity contribution in [3.63, 3.8) is 0 Å². The molecular formula is C14H18N2O6. The second-order valence-corrected chi connectivity index (χ2v) is 4.30. The Labute approximate surface area is 127 Å². The van der Waals surface area contributed by atoms with Crippen LogP contribution in [-0.4, -0.2) is 48.8 Å². The summed E-state index contributed by atoms with van der Waals surface area (Å²) in [7, 11) is 1.30. The maximum absolute atomic E-state index is 11.9. The Morgan fingerprint density at radius 3 is 2.45 bits per heavy atom. The van der Waals surface area contributed by atoms with E-state index in [1.807, 2.05) is 13.8 Å². The van der Waals surface area contributed by atoms with Gasteiger partial charge in [-0.3, -0.25) is 19.7 Å². The number of hydrogen-bond acceptors (Lipinski definition) is 6. The summed E-state index contributed by atoms with van der Waals surface area (Å²) >= 11 is 0. The van der Waals surface area contributed by atoms with Crippen LogP contribution in [0.2, 0.25) is 0 Å². The quantitative estimate of drug-likeness (QED) is 0.411. The van der Waals surface area contributed by atoms with Gasteiger partial charge in [-0.2, -0.15) is 0 Å². The number of hydrogen-bond donors (Lipinski definition) is 0. The van der Waals surface area contributed by atoms with E-state index in [-0.39, 0.29) is 29.6 Å². The molecule has 0 aliphatic rings. The van der Waals surface area contributed by atoms with Gasteiger partial charge in [-0.1, -0.05) is 0 Å². The third-order valence-electron chi connectivity index (χ3n) is 3.07. The molecule has 0 N–H and O–H groups in total. The lowest BCUT2D eigenvalue weighted by molar-refractivity contribution is -0.385. The molecule has 0 bridgehead atoms. The van der Waals surface area contributed by atoms with Gasteiger partial charge in [-0.15, -0.1) is 0 Å². The third-order valence-corrected chi connectivity index (χ3v) is 3.07. The normalized spacial score (nSPS) is 9.95. The highest BCUT2D eigenvalue weighted by atomic mass is 16.6. The maximum Gasteiger partial charge on any atom is 0.315 e. The molecule has 120 valence electrons. The maximum atomic E-state index is 11.9. The van der Waals surface area contributed by atoms with Crippen molar-refractivity contribution in [3.05, 3.63) is 27.8 Å². The second kappa shape index (κ2) is 7.96. The number of rotatable bonds is 8. The van der Waals surface area contributed by atoms with E-state index in [1.54, 1.807) is 0 Å². The molecule has 0 aliphatic carbocycles. The average molecular weight is 310 g/mol. The van der Waals surface area contributed by atoms with Gasteiger partial charge in [0.1, 0.15) is 6.29 Å². The smallest absolute Gasteiger partial charge is 0.315 e. The van der Waals surface area contributed by atoms with E-state index >= 15 is 0 Å². The summed E-state index contributed by atoms with van der Waals surface area (Å²) in [6.07, 6.45) is 0.473. The zero-order valence-electron chi connectivity index (χ0n) is 12.7. The molecule has 8 heteroatoms. The summed E-state index contributed by atoms with van der Waals surface area (Å²) in [6.45, 7) is 4.33. The van der Waals surface area contributed by atoms with Crippen LogP contribution >= 0.6 is 0 Å². The number of likely N-dealkylation sites (N-methyl/N-ethyl adjacent to an activating group) is 1. The van der Waals surface area contributed by atoms with Crippen LogP contribution in [0.4, 0.5) is 5.69 Å². The predicted octanol–water partition coefficient (Wildman–Crippen LogP) is 1.66. The number of carbonyl (C=O) groups is 2. The van der Waals surface area contributed by atoms with Gasteiger partial charge in [0.2, 0.25) is 5.75 Å². The molecule has 1 aromatic rings. The molecule has 1 rings (SSSR count). The minimum absolute atomic E-state index is 0.0312. The van der Waals surface area contributed by atoms with Gasteiger partial charge in [0.25, 0.3) is 5.91 Å². The fourth-order valence-electron chi connectivity index (χ4n) is 1.91. The zero-order chi connectivity index (χ0) is 16.7. The summed E-state index contributed by atoms with van der Waals surface area (Å²) in [4.78, 5) is 34.7. The molecule has 8 nitrogen and oxygen atoms in total. The third kappa shape index (κ3) is 3.94. The van der Waals surface area contributed by atoms with Crippen molar-refractivity contribution in [1.82, 2.24) is 4.90 Å². The molecule has 1 aromatic carbocycles. The Morgan fingerprint density at radius 2 is 2.00 bits per heavy atom. The van der Waals surface area contributed by atoms with E-state index in [4.69, 9.17) is 9.47 Å². The molecule has 0 atom stereocenters. The van der Waals surface area contributed by atoms with Crippen molar-refractivity contribution in [3.8, 4) is 11.5 Å². The Morgan fingerprint density at radius 1 is 1.36 bits per heavy atom. The highest BCUT2D eigenvalue weighted by Gasteiger charge is 2.23. The van der Waals surface area contributed by atoms with E-state index in [0.29, 0.717) is 19.4 Å². The van der Waals surface area contributed by atoms with Gasteiger partial charge >= 0.3 is 5.69 Å². The molecule has 0 fully saturated rings. The lowest BCUT2D eigenvalue weighted by Gasteiger charge is -2.19. The van der Waals surface area contributed by atoms with E-state index in [1.165, 1.54) is 18.1 Å². The van der Waals surface area contributed by atoms with Gasteiger partial charge in [0.05, 0.1) is 12.0 Å². The second-order valence-electron chi connectivity index (χ2n) is 4.30. The monoisotopic (exact) mass is 310 g/mol. The van der Waals surface area contributed by atoms with Crippen molar-refractivity contribution in [2.75, 3.05) is 26.8 Å². The van der Waals surface area contributed by atoms with Gasteiger partial charge in [-0.25, -0.2) is 0 Å². The minimum atomic E-state index is -0.688. The fraction of sp³-hybridized carbons (Fsp3) is 0.429. The van der Waals surface area contributed by atoms with Crippen molar-refractivity contribution in [2.24, 2.45) is 0 Å².